The normalized spacial score (nSPS) is 9.53. The summed E-state index contributed by atoms with van der Waals surface area (Å²) in [5.74, 6) is 0. The molecule has 0 aliphatic heterocycles. The quantitative estimate of drug-likeness (QED) is 0.490. The van der Waals surface area contributed by atoms with Gasteiger partial charge in [-0.3, -0.25) is 15.5 Å². The molecule has 0 spiro atoms. The third-order valence-electron chi connectivity index (χ3n) is 1.56. The minimum atomic E-state index is -0.505. The summed E-state index contributed by atoms with van der Waals surface area (Å²) in [7, 11) is 0. The molecule has 0 radical (unpaired) electrons. The van der Waals surface area contributed by atoms with Crippen molar-refractivity contribution in [3.8, 4) is 0 Å². The average Bonchev–Trinajstić information content (AvgIpc) is 2.15. The first-order valence-corrected chi connectivity index (χ1v) is 4.59. The molecule has 0 aliphatic carbocycles. The molecule has 1 aromatic rings. The zero-order valence-electron chi connectivity index (χ0n) is 8.32. The van der Waals surface area contributed by atoms with Crippen molar-refractivity contribution in [3.63, 3.8) is 0 Å². The van der Waals surface area contributed by atoms with Gasteiger partial charge in [-0.05, 0) is 26.0 Å². The van der Waals surface area contributed by atoms with Crippen molar-refractivity contribution in [1.82, 2.24) is 0 Å². The molecular formula is C9H10ClN3O2. The van der Waals surface area contributed by atoms with Crippen molar-refractivity contribution in [3.05, 3.63) is 33.3 Å². The van der Waals surface area contributed by atoms with Crippen molar-refractivity contribution < 1.29 is 4.92 Å². The molecule has 1 rings (SSSR count). The first kappa shape index (κ1) is 11.5. The van der Waals surface area contributed by atoms with E-state index in [2.05, 4.69) is 10.5 Å². The Balaban J connectivity index is 3.06. The zero-order valence-corrected chi connectivity index (χ0v) is 9.08. The van der Waals surface area contributed by atoms with E-state index in [-0.39, 0.29) is 5.69 Å². The number of halogens is 1. The van der Waals surface area contributed by atoms with Crippen molar-refractivity contribution in [2.75, 3.05) is 5.43 Å². The molecular weight excluding hydrogens is 218 g/mol. The van der Waals surface area contributed by atoms with Gasteiger partial charge in [-0.25, -0.2) is 0 Å². The number of benzene rings is 1. The van der Waals surface area contributed by atoms with Crippen LogP contribution in [0.4, 0.5) is 11.4 Å². The second kappa shape index (κ2) is 4.75. The third-order valence-corrected chi connectivity index (χ3v) is 1.79. The largest absolute Gasteiger partial charge is 0.295 e. The smallest absolute Gasteiger partial charge is 0.272 e. The van der Waals surface area contributed by atoms with Gasteiger partial charge in [0.1, 0.15) is 5.69 Å². The highest BCUT2D eigenvalue weighted by molar-refractivity contribution is 6.30. The Morgan fingerprint density at radius 2 is 2.20 bits per heavy atom. The molecule has 1 N–H and O–H groups in total. The van der Waals surface area contributed by atoms with Gasteiger partial charge in [-0.15, -0.1) is 0 Å². The molecule has 0 fully saturated rings. The molecule has 0 amide bonds. The van der Waals surface area contributed by atoms with Crippen LogP contribution in [0, 0.1) is 10.1 Å². The molecule has 15 heavy (non-hydrogen) atoms. The maximum Gasteiger partial charge on any atom is 0.295 e. The van der Waals surface area contributed by atoms with Gasteiger partial charge in [0.25, 0.3) is 5.69 Å². The minimum absolute atomic E-state index is 0.0903. The number of nitrogens with one attached hydrogen (secondary N) is 1. The summed E-state index contributed by atoms with van der Waals surface area (Å²) >= 11 is 5.66. The molecule has 0 atom stereocenters. The number of nitro groups is 1. The Hall–Kier alpha value is -1.62. The predicted octanol–water partition coefficient (Wildman–Crippen LogP) is 3.06. The van der Waals surface area contributed by atoms with Crippen molar-refractivity contribution in [1.29, 1.82) is 0 Å². The number of hydrogen-bond acceptors (Lipinski definition) is 4. The van der Waals surface area contributed by atoms with E-state index in [1.807, 2.05) is 0 Å². The fraction of sp³-hybridized carbons (Fsp3) is 0.222. The monoisotopic (exact) mass is 227 g/mol. The van der Waals surface area contributed by atoms with Crippen LogP contribution in [-0.4, -0.2) is 10.6 Å². The highest BCUT2D eigenvalue weighted by Crippen LogP contribution is 2.27. The van der Waals surface area contributed by atoms with Crippen molar-refractivity contribution >= 4 is 28.7 Å². The maximum atomic E-state index is 10.7. The highest BCUT2D eigenvalue weighted by Gasteiger charge is 2.13. The number of nitro benzene ring substituents is 1. The maximum absolute atomic E-state index is 10.7. The average molecular weight is 228 g/mol. The summed E-state index contributed by atoms with van der Waals surface area (Å²) in [6.45, 7) is 3.57. The van der Waals surface area contributed by atoms with E-state index >= 15 is 0 Å². The topological polar surface area (TPSA) is 67.5 Å². The van der Waals surface area contributed by atoms with Crippen LogP contribution in [0.2, 0.25) is 5.02 Å². The molecule has 1 aromatic carbocycles. The van der Waals surface area contributed by atoms with Crippen molar-refractivity contribution in [2.45, 2.75) is 13.8 Å². The fourth-order valence-corrected chi connectivity index (χ4v) is 1.09. The molecule has 0 saturated carbocycles. The van der Waals surface area contributed by atoms with Crippen LogP contribution in [0.3, 0.4) is 0 Å². The fourth-order valence-electron chi connectivity index (χ4n) is 0.922. The lowest BCUT2D eigenvalue weighted by Gasteiger charge is -2.02. The van der Waals surface area contributed by atoms with E-state index in [1.54, 1.807) is 19.9 Å². The van der Waals surface area contributed by atoms with Crippen LogP contribution in [0.15, 0.2) is 23.3 Å². The van der Waals surface area contributed by atoms with Crippen LogP contribution in [0.5, 0.6) is 0 Å². The van der Waals surface area contributed by atoms with E-state index in [9.17, 15) is 10.1 Å². The summed E-state index contributed by atoms with van der Waals surface area (Å²) in [6, 6.07) is 4.37. The van der Waals surface area contributed by atoms with Gasteiger partial charge in [0.2, 0.25) is 0 Å². The van der Waals surface area contributed by atoms with Gasteiger partial charge in [0.15, 0.2) is 0 Å². The summed E-state index contributed by atoms with van der Waals surface area (Å²) in [5, 5.41) is 14.9. The Bertz CT molecular complexity index is 414. The summed E-state index contributed by atoms with van der Waals surface area (Å²) in [5.41, 5.74) is 3.62. The van der Waals surface area contributed by atoms with Crippen LogP contribution in [-0.2, 0) is 0 Å². The van der Waals surface area contributed by atoms with E-state index in [4.69, 9.17) is 11.6 Å². The molecule has 0 bridgehead atoms. The van der Waals surface area contributed by atoms with Gasteiger partial charge in [0, 0.05) is 16.8 Å². The molecule has 6 heteroatoms. The van der Waals surface area contributed by atoms with E-state index < -0.39 is 4.92 Å². The van der Waals surface area contributed by atoms with Gasteiger partial charge < -0.3 is 0 Å². The van der Waals surface area contributed by atoms with Gasteiger partial charge in [-0.2, -0.15) is 5.10 Å². The first-order chi connectivity index (χ1) is 7.00. The molecule has 0 saturated heterocycles. The molecule has 0 unspecified atom stereocenters. The SMILES string of the molecule is CC(C)=NNc1ccc(Cl)cc1[N+](=O)[O-]. The highest BCUT2D eigenvalue weighted by atomic mass is 35.5. The van der Waals surface area contributed by atoms with E-state index in [0.717, 1.165) is 5.71 Å². The number of hydrazone groups is 1. The van der Waals surface area contributed by atoms with E-state index in [0.29, 0.717) is 10.7 Å². The number of nitrogens with zero attached hydrogens (tertiary/aromatic N) is 2. The number of anilines is 1. The lowest BCUT2D eigenvalue weighted by atomic mass is 10.3. The minimum Gasteiger partial charge on any atom is -0.272 e. The lowest BCUT2D eigenvalue weighted by Crippen LogP contribution is -1.98. The second-order valence-electron chi connectivity index (χ2n) is 3.09. The first-order valence-electron chi connectivity index (χ1n) is 4.21. The van der Waals surface area contributed by atoms with Gasteiger partial charge in [-0.1, -0.05) is 11.6 Å². The van der Waals surface area contributed by atoms with E-state index in [1.165, 1.54) is 12.1 Å². The molecule has 80 valence electrons. The molecule has 0 aromatic heterocycles. The van der Waals surface area contributed by atoms with Crippen LogP contribution in [0.25, 0.3) is 0 Å². The summed E-state index contributed by atoms with van der Waals surface area (Å²) in [6.07, 6.45) is 0. The zero-order chi connectivity index (χ0) is 11.4. The Morgan fingerprint density at radius 1 is 1.53 bits per heavy atom. The van der Waals surface area contributed by atoms with Crippen LogP contribution in [0.1, 0.15) is 13.8 Å². The number of hydrogen-bond donors (Lipinski definition) is 1. The Labute approximate surface area is 91.9 Å². The lowest BCUT2D eigenvalue weighted by molar-refractivity contribution is -0.383. The van der Waals surface area contributed by atoms with Crippen LogP contribution >= 0.6 is 11.6 Å². The molecule has 0 aliphatic rings. The molecule has 0 heterocycles. The second-order valence-corrected chi connectivity index (χ2v) is 3.53. The van der Waals surface area contributed by atoms with Gasteiger partial charge in [0.05, 0.1) is 4.92 Å². The van der Waals surface area contributed by atoms with Gasteiger partial charge >= 0.3 is 0 Å². The standard InChI is InChI=1S/C9H10ClN3O2/c1-6(2)11-12-8-4-3-7(10)5-9(8)13(14)15/h3-5,12H,1-2H3. The Morgan fingerprint density at radius 3 is 2.73 bits per heavy atom. The van der Waals surface area contributed by atoms with Crippen molar-refractivity contribution in [2.24, 2.45) is 5.10 Å². The third kappa shape index (κ3) is 3.21. The summed E-state index contributed by atoms with van der Waals surface area (Å²) in [4.78, 5) is 10.2. The Kier molecular flexibility index (Phi) is 3.62. The predicted molar refractivity (Wildman–Crippen MR) is 60.5 cm³/mol. The molecule has 5 nitrogen and oxygen atoms in total. The number of rotatable bonds is 3. The summed E-state index contributed by atoms with van der Waals surface area (Å²) < 4.78 is 0. The van der Waals surface area contributed by atoms with Crippen LogP contribution < -0.4 is 5.43 Å².